The highest BCUT2D eigenvalue weighted by Crippen LogP contribution is 2.30. The summed E-state index contributed by atoms with van der Waals surface area (Å²) in [7, 11) is -3.65. The Kier molecular flexibility index (Phi) is 7.41. The Bertz CT molecular complexity index is 1380. The van der Waals surface area contributed by atoms with Crippen molar-refractivity contribution >= 4 is 21.6 Å². The molecule has 0 aliphatic carbocycles. The number of carbonyl (C=O) groups is 1. The highest BCUT2D eigenvalue weighted by molar-refractivity contribution is 7.89. The van der Waals surface area contributed by atoms with Crippen molar-refractivity contribution in [3.8, 4) is 0 Å². The molecule has 2 heterocycles. The number of pyridine rings is 1. The molecule has 0 spiro atoms. The largest absolute Gasteiger partial charge is 0.322 e. The smallest absolute Gasteiger partial charge is 0.255 e. The van der Waals surface area contributed by atoms with Gasteiger partial charge in [0.05, 0.1) is 10.9 Å². The molecule has 1 aliphatic rings. The van der Waals surface area contributed by atoms with Gasteiger partial charge in [0.15, 0.2) is 0 Å². The molecule has 7 nitrogen and oxygen atoms in total. The van der Waals surface area contributed by atoms with Crippen molar-refractivity contribution in [3.05, 3.63) is 126 Å². The van der Waals surface area contributed by atoms with Gasteiger partial charge in [0.2, 0.25) is 10.0 Å². The van der Waals surface area contributed by atoms with E-state index in [9.17, 15) is 13.2 Å². The van der Waals surface area contributed by atoms with Crippen LogP contribution in [0.3, 0.4) is 0 Å². The summed E-state index contributed by atoms with van der Waals surface area (Å²) in [4.78, 5) is 18.8. The maximum atomic E-state index is 13.4. The molecular weight excluding hydrogens is 484 g/mol. The number of hydrogen-bond donors (Lipinski definition) is 1. The minimum atomic E-state index is -3.65. The Balaban J connectivity index is 1.27. The second-order valence-corrected chi connectivity index (χ2v) is 10.8. The van der Waals surface area contributed by atoms with Crippen LogP contribution >= 0.6 is 0 Å². The predicted molar refractivity (Wildman–Crippen MR) is 144 cm³/mol. The van der Waals surface area contributed by atoms with Gasteiger partial charge in [-0.05, 0) is 47.5 Å². The highest BCUT2D eigenvalue weighted by atomic mass is 32.2. The molecule has 0 saturated carbocycles. The van der Waals surface area contributed by atoms with E-state index in [-0.39, 0.29) is 16.8 Å². The summed E-state index contributed by atoms with van der Waals surface area (Å²) in [5.74, 6) is -0.277. The third kappa shape index (κ3) is 5.61. The maximum Gasteiger partial charge on any atom is 0.255 e. The first-order valence-corrected chi connectivity index (χ1v) is 13.6. The van der Waals surface area contributed by atoms with Gasteiger partial charge in [-0.15, -0.1) is 0 Å². The van der Waals surface area contributed by atoms with Crippen LogP contribution in [-0.4, -0.2) is 54.7 Å². The van der Waals surface area contributed by atoms with Crippen molar-refractivity contribution in [1.82, 2.24) is 14.2 Å². The van der Waals surface area contributed by atoms with E-state index in [1.54, 1.807) is 53.1 Å². The molecule has 3 aromatic carbocycles. The van der Waals surface area contributed by atoms with Crippen molar-refractivity contribution in [2.75, 3.05) is 31.5 Å². The Morgan fingerprint density at radius 3 is 1.81 bits per heavy atom. The molecule has 5 rings (SSSR count). The van der Waals surface area contributed by atoms with E-state index in [1.807, 2.05) is 36.4 Å². The average molecular weight is 513 g/mol. The van der Waals surface area contributed by atoms with Gasteiger partial charge >= 0.3 is 0 Å². The van der Waals surface area contributed by atoms with E-state index in [4.69, 9.17) is 0 Å². The quantitative estimate of drug-likeness (QED) is 0.396. The van der Waals surface area contributed by atoms with Gasteiger partial charge in [0, 0.05) is 49.8 Å². The fraction of sp³-hybridized carbons (Fsp3) is 0.172. The molecule has 1 aromatic heterocycles. The first-order valence-electron chi connectivity index (χ1n) is 12.2. The zero-order chi connectivity index (χ0) is 25.7. The summed E-state index contributed by atoms with van der Waals surface area (Å²) in [5, 5.41) is 2.78. The fourth-order valence-electron chi connectivity index (χ4n) is 4.65. The van der Waals surface area contributed by atoms with E-state index in [1.165, 1.54) is 11.1 Å². The summed E-state index contributed by atoms with van der Waals surface area (Å²) in [6.45, 7) is 2.04. The van der Waals surface area contributed by atoms with E-state index in [0.717, 1.165) is 0 Å². The summed E-state index contributed by atoms with van der Waals surface area (Å²) >= 11 is 0. The van der Waals surface area contributed by atoms with Gasteiger partial charge in [-0.2, -0.15) is 4.31 Å². The Hall–Kier alpha value is -3.85. The molecule has 0 bridgehead atoms. The zero-order valence-corrected chi connectivity index (χ0v) is 21.1. The summed E-state index contributed by atoms with van der Waals surface area (Å²) in [6.07, 6.45) is 3.10. The lowest BCUT2D eigenvalue weighted by atomic mass is 9.96. The van der Waals surface area contributed by atoms with Gasteiger partial charge < -0.3 is 5.32 Å². The van der Waals surface area contributed by atoms with Crippen LogP contribution in [0.25, 0.3) is 0 Å². The van der Waals surface area contributed by atoms with Crippen LogP contribution in [0, 0.1) is 0 Å². The third-order valence-corrected chi connectivity index (χ3v) is 8.47. The number of benzene rings is 3. The van der Waals surface area contributed by atoms with Gasteiger partial charge in [0.25, 0.3) is 5.91 Å². The number of anilines is 1. The molecule has 188 valence electrons. The summed E-state index contributed by atoms with van der Waals surface area (Å²) in [5.41, 5.74) is 3.39. The normalized spacial score (nSPS) is 14.9. The Morgan fingerprint density at radius 1 is 0.730 bits per heavy atom. The predicted octanol–water partition coefficient (Wildman–Crippen LogP) is 4.43. The van der Waals surface area contributed by atoms with Crippen LogP contribution in [0.1, 0.15) is 27.5 Å². The number of nitrogens with zero attached hydrogens (tertiary/aromatic N) is 3. The minimum absolute atomic E-state index is 0.0653. The second-order valence-electron chi connectivity index (χ2n) is 8.88. The van der Waals surface area contributed by atoms with Crippen molar-refractivity contribution < 1.29 is 13.2 Å². The van der Waals surface area contributed by atoms with Crippen LogP contribution in [-0.2, 0) is 10.0 Å². The molecule has 0 atom stereocenters. The number of aromatic nitrogens is 1. The van der Waals surface area contributed by atoms with Crippen LogP contribution in [0.15, 0.2) is 114 Å². The number of hydrogen-bond acceptors (Lipinski definition) is 5. The van der Waals surface area contributed by atoms with Crippen molar-refractivity contribution in [1.29, 1.82) is 0 Å². The van der Waals surface area contributed by atoms with Crippen LogP contribution in [0.2, 0.25) is 0 Å². The van der Waals surface area contributed by atoms with Gasteiger partial charge in [-0.1, -0.05) is 60.7 Å². The number of carbonyl (C=O) groups excluding carboxylic acids is 1. The van der Waals surface area contributed by atoms with E-state index in [0.29, 0.717) is 37.4 Å². The SMILES string of the molecule is O=C(Nc1ccc(S(=O)(=O)N2CCN(C(c3ccccc3)c3ccccc3)CC2)cc1)c1ccncc1. The molecule has 1 N–H and O–H groups in total. The lowest BCUT2D eigenvalue weighted by molar-refractivity contribution is 0.102. The first kappa shape index (κ1) is 24.8. The molecule has 0 unspecified atom stereocenters. The van der Waals surface area contributed by atoms with Gasteiger partial charge in [-0.3, -0.25) is 14.7 Å². The topological polar surface area (TPSA) is 82.6 Å². The van der Waals surface area contributed by atoms with Crippen molar-refractivity contribution in [2.24, 2.45) is 0 Å². The minimum Gasteiger partial charge on any atom is -0.322 e. The monoisotopic (exact) mass is 512 g/mol. The molecule has 1 saturated heterocycles. The molecule has 4 aromatic rings. The van der Waals surface area contributed by atoms with Crippen molar-refractivity contribution in [2.45, 2.75) is 10.9 Å². The van der Waals surface area contributed by atoms with E-state index < -0.39 is 10.0 Å². The first-order chi connectivity index (χ1) is 18.0. The van der Waals surface area contributed by atoms with Gasteiger partial charge in [0.1, 0.15) is 0 Å². The number of piperazine rings is 1. The average Bonchev–Trinajstić information content (AvgIpc) is 2.95. The Morgan fingerprint density at radius 2 is 1.27 bits per heavy atom. The molecule has 1 fully saturated rings. The molecule has 0 radical (unpaired) electrons. The lowest BCUT2D eigenvalue weighted by Gasteiger charge is -2.39. The Labute approximate surface area is 217 Å². The van der Waals surface area contributed by atoms with Gasteiger partial charge in [-0.25, -0.2) is 8.42 Å². The van der Waals surface area contributed by atoms with E-state index in [2.05, 4.69) is 39.5 Å². The third-order valence-electron chi connectivity index (χ3n) is 6.56. The van der Waals surface area contributed by atoms with Crippen LogP contribution < -0.4 is 5.32 Å². The molecule has 8 heteroatoms. The maximum absolute atomic E-state index is 13.4. The summed E-state index contributed by atoms with van der Waals surface area (Å²) in [6, 6.07) is 30.3. The van der Waals surface area contributed by atoms with E-state index >= 15 is 0 Å². The molecule has 1 aliphatic heterocycles. The number of sulfonamides is 1. The van der Waals surface area contributed by atoms with Crippen LogP contribution in [0.5, 0.6) is 0 Å². The standard InChI is InChI=1S/C29H28N4O3S/c34-29(25-15-17-30-18-16-25)31-26-11-13-27(14-12-26)37(35,36)33-21-19-32(20-22-33)28(23-7-3-1-4-8-23)24-9-5-2-6-10-24/h1-18,28H,19-22H2,(H,31,34). The van der Waals surface area contributed by atoms with Crippen molar-refractivity contribution in [3.63, 3.8) is 0 Å². The van der Waals surface area contributed by atoms with Crippen LogP contribution in [0.4, 0.5) is 5.69 Å². The molecular formula is C29H28N4O3S. The highest BCUT2D eigenvalue weighted by Gasteiger charge is 2.32. The molecule has 37 heavy (non-hydrogen) atoms. The second kappa shape index (κ2) is 11.0. The number of nitrogens with one attached hydrogen (secondary N) is 1. The lowest BCUT2D eigenvalue weighted by Crippen LogP contribution is -2.49. The number of amides is 1. The summed E-state index contributed by atoms with van der Waals surface area (Å²) < 4.78 is 28.3. The zero-order valence-electron chi connectivity index (χ0n) is 20.3. The molecule has 1 amide bonds. The number of rotatable bonds is 7. The fourth-order valence-corrected chi connectivity index (χ4v) is 6.07.